The van der Waals surface area contributed by atoms with Crippen molar-refractivity contribution in [1.29, 1.82) is 0 Å². The lowest BCUT2D eigenvalue weighted by molar-refractivity contribution is -0.0824. The molecule has 4 aliphatic rings. The van der Waals surface area contributed by atoms with Crippen LogP contribution in [0.1, 0.15) is 114 Å². The molecule has 1 atom stereocenters. The monoisotopic (exact) mass is 743 g/mol. The van der Waals surface area contributed by atoms with Gasteiger partial charge in [-0.3, -0.25) is 14.9 Å². The molecule has 9 nitrogen and oxygen atoms in total. The summed E-state index contributed by atoms with van der Waals surface area (Å²) in [5.74, 6) is 0.750. The first-order valence-electron chi connectivity index (χ1n) is 20.8. The maximum absolute atomic E-state index is 11.0. The summed E-state index contributed by atoms with van der Waals surface area (Å²) in [6.07, 6.45) is 14.9. The fourth-order valence-corrected chi connectivity index (χ4v) is 9.47. The van der Waals surface area contributed by atoms with Crippen LogP contribution in [0, 0.1) is 17.8 Å². The van der Waals surface area contributed by atoms with E-state index in [1.165, 1.54) is 60.0 Å². The minimum Gasteiger partial charge on any atom is -0.393 e. The van der Waals surface area contributed by atoms with E-state index in [0.717, 1.165) is 99.2 Å². The molecule has 1 saturated carbocycles. The van der Waals surface area contributed by atoms with E-state index in [9.17, 15) is 5.11 Å². The lowest BCUT2D eigenvalue weighted by Crippen LogP contribution is -2.43. The summed E-state index contributed by atoms with van der Waals surface area (Å²) >= 11 is 0. The van der Waals surface area contributed by atoms with E-state index >= 15 is 0 Å². The van der Waals surface area contributed by atoms with Gasteiger partial charge in [-0.2, -0.15) is 0 Å². The van der Waals surface area contributed by atoms with Crippen LogP contribution in [-0.4, -0.2) is 74.9 Å². The highest BCUT2D eigenvalue weighted by atomic mass is 16.5. The summed E-state index contributed by atoms with van der Waals surface area (Å²) in [4.78, 5) is 27.0. The van der Waals surface area contributed by atoms with Crippen LogP contribution >= 0.6 is 0 Å². The van der Waals surface area contributed by atoms with Crippen LogP contribution in [-0.2, 0) is 24.2 Å². The van der Waals surface area contributed by atoms with Crippen LogP contribution in [0.4, 0.5) is 11.6 Å². The Morgan fingerprint density at radius 3 is 2.31 bits per heavy atom. The third-order valence-electron chi connectivity index (χ3n) is 13.0. The van der Waals surface area contributed by atoms with Gasteiger partial charge in [-0.05, 0) is 131 Å². The largest absolute Gasteiger partial charge is 0.393 e. The lowest BCUT2D eigenvalue weighted by atomic mass is 9.63. The Morgan fingerprint density at radius 1 is 0.855 bits per heavy atom. The van der Waals surface area contributed by atoms with Gasteiger partial charge >= 0.3 is 0 Å². The number of aryl methyl sites for hydroxylation is 1. The van der Waals surface area contributed by atoms with Gasteiger partial charge in [0.25, 0.3) is 0 Å². The second-order valence-electron chi connectivity index (χ2n) is 18.6. The number of pyridine rings is 2. The zero-order chi connectivity index (χ0) is 38.4. The molecule has 2 saturated heterocycles. The normalized spacial score (nSPS) is 20.3. The third kappa shape index (κ3) is 8.16. The topological polar surface area (TPSA) is 90.7 Å². The van der Waals surface area contributed by atoms with E-state index in [0.29, 0.717) is 10.8 Å². The van der Waals surface area contributed by atoms with Gasteiger partial charge in [0, 0.05) is 73.7 Å². The molecule has 1 aliphatic carbocycles. The Kier molecular flexibility index (Phi) is 10.5. The first-order chi connectivity index (χ1) is 26.4. The quantitative estimate of drug-likeness (QED) is 0.181. The van der Waals surface area contributed by atoms with Crippen molar-refractivity contribution in [1.82, 2.24) is 24.8 Å². The van der Waals surface area contributed by atoms with Crippen molar-refractivity contribution in [3.8, 4) is 22.4 Å². The minimum atomic E-state index is -0.479. The molecule has 55 heavy (non-hydrogen) atoms. The molecule has 6 heterocycles. The highest BCUT2D eigenvalue weighted by Crippen LogP contribution is 2.50. The Balaban J connectivity index is 1.19. The fourth-order valence-electron chi connectivity index (χ4n) is 9.47. The van der Waals surface area contributed by atoms with Gasteiger partial charge in [0.2, 0.25) is 5.95 Å². The van der Waals surface area contributed by atoms with E-state index < -0.39 is 11.7 Å². The number of likely N-dealkylation sites (tertiary alicyclic amines) is 1. The van der Waals surface area contributed by atoms with Gasteiger partial charge in [-0.1, -0.05) is 38.5 Å². The van der Waals surface area contributed by atoms with Gasteiger partial charge < -0.3 is 19.6 Å². The Bertz CT molecular complexity index is 1970. The zero-order valence-corrected chi connectivity index (χ0v) is 34.1. The van der Waals surface area contributed by atoms with Crippen LogP contribution in [0.2, 0.25) is 0 Å². The molecule has 1 N–H and O–H groups in total. The molecule has 0 bridgehead atoms. The van der Waals surface area contributed by atoms with Crippen molar-refractivity contribution in [2.45, 2.75) is 118 Å². The van der Waals surface area contributed by atoms with Gasteiger partial charge in [0.05, 0.1) is 29.3 Å². The SMILES string of the molecule is Cc1nc(CN2CCC3(CCC3)CC2)c(-c2ccc3c(c2)CCN(c2nccc(-c4cccnc4)n2)C3)c(N2CCC(C)(C)CC2)c1[C@@H](CO)OC(C)(C)C. The molecule has 0 radical (unpaired) electrons. The van der Waals surface area contributed by atoms with Crippen molar-refractivity contribution < 1.29 is 9.84 Å². The molecule has 3 fully saturated rings. The van der Waals surface area contributed by atoms with Crippen LogP contribution in [0.25, 0.3) is 22.4 Å². The number of hydrogen-bond acceptors (Lipinski definition) is 9. The van der Waals surface area contributed by atoms with Crippen molar-refractivity contribution in [3.63, 3.8) is 0 Å². The Labute approximate surface area is 328 Å². The maximum Gasteiger partial charge on any atom is 0.226 e. The van der Waals surface area contributed by atoms with E-state index in [2.05, 4.69) is 79.4 Å². The van der Waals surface area contributed by atoms with Crippen molar-refractivity contribution in [3.05, 3.63) is 83.1 Å². The van der Waals surface area contributed by atoms with Crippen molar-refractivity contribution in [2.75, 3.05) is 49.1 Å². The molecular weight excluding hydrogens is 683 g/mol. The van der Waals surface area contributed by atoms with Gasteiger partial charge in [0.1, 0.15) is 6.10 Å². The fraction of sp³-hybridized carbons (Fsp3) is 0.565. The number of ether oxygens (including phenoxy) is 1. The molecule has 292 valence electrons. The molecule has 1 spiro atoms. The van der Waals surface area contributed by atoms with Gasteiger partial charge in [-0.15, -0.1) is 0 Å². The molecule has 3 aliphatic heterocycles. The number of anilines is 2. The second kappa shape index (κ2) is 15.2. The molecule has 0 unspecified atom stereocenters. The summed E-state index contributed by atoms with van der Waals surface area (Å²) in [5.41, 5.74) is 11.8. The number of aliphatic hydroxyl groups is 1. The Morgan fingerprint density at radius 2 is 1.64 bits per heavy atom. The first-order valence-corrected chi connectivity index (χ1v) is 20.8. The number of fused-ring (bicyclic) bond motifs is 1. The maximum atomic E-state index is 11.0. The summed E-state index contributed by atoms with van der Waals surface area (Å²) in [6.45, 7) is 19.7. The summed E-state index contributed by atoms with van der Waals surface area (Å²) in [7, 11) is 0. The van der Waals surface area contributed by atoms with Crippen LogP contribution < -0.4 is 9.80 Å². The number of aliphatic hydroxyl groups excluding tert-OH is 1. The molecule has 0 amide bonds. The lowest BCUT2D eigenvalue weighted by Gasteiger charge is -2.48. The van der Waals surface area contributed by atoms with Crippen molar-refractivity contribution in [2.24, 2.45) is 10.8 Å². The molecular formula is C46H61N7O2. The number of rotatable bonds is 9. The molecule has 9 heteroatoms. The predicted octanol–water partition coefficient (Wildman–Crippen LogP) is 8.71. The zero-order valence-electron chi connectivity index (χ0n) is 34.1. The second-order valence-corrected chi connectivity index (χ2v) is 18.6. The molecule has 8 rings (SSSR count). The van der Waals surface area contributed by atoms with Crippen molar-refractivity contribution >= 4 is 11.6 Å². The number of piperidine rings is 2. The molecule has 3 aromatic heterocycles. The predicted molar refractivity (Wildman–Crippen MR) is 221 cm³/mol. The summed E-state index contributed by atoms with van der Waals surface area (Å²) in [5, 5.41) is 11.0. The van der Waals surface area contributed by atoms with Gasteiger partial charge in [-0.25, -0.2) is 9.97 Å². The highest BCUT2D eigenvalue weighted by molar-refractivity contribution is 5.84. The van der Waals surface area contributed by atoms with Gasteiger partial charge in [0.15, 0.2) is 0 Å². The molecule has 4 aromatic rings. The number of nitrogens with zero attached hydrogens (tertiary/aromatic N) is 7. The summed E-state index contributed by atoms with van der Waals surface area (Å²) < 4.78 is 6.68. The van der Waals surface area contributed by atoms with E-state index in [-0.39, 0.29) is 6.61 Å². The Hall–Kier alpha value is -3.92. The standard InChI is InChI=1S/C46H61N7O2/c1-32-40(39(31-54)55-44(2,3)4)42(52-25-16-45(5,6)17-26-52)41(38(49-32)30-51-23-18-46(19-24-51)14-8-15-46)34-10-11-36-29-53(22-13-33(36)27-34)43-48-21-12-37(50-43)35-9-7-20-47-28-35/h7,9-12,20-21,27-28,39,54H,8,13-19,22-26,29-31H2,1-6H3/t39-/m1/s1. The average Bonchev–Trinajstić information content (AvgIpc) is 3.16. The number of benzene rings is 1. The number of aromatic nitrogens is 4. The third-order valence-corrected chi connectivity index (χ3v) is 13.0. The first kappa shape index (κ1) is 38.0. The highest BCUT2D eigenvalue weighted by Gasteiger charge is 2.40. The van der Waals surface area contributed by atoms with Crippen LogP contribution in [0.5, 0.6) is 0 Å². The van der Waals surface area contributed by atoms with Crippen LogP contribution in [0.15, 0.2) is 55.0 Å². The van der Waals surface area contributed by atoms with Crippen LogP contribution in [0.3, 0.4) is 0 Å². The average molecular weight is 744 g/mol. The molecule has 1 aromatic carbocycles. The van der Waals surface area contributed by atoms with E-state index in [1.54, 1.807) is 6.20 Å². The smallest absolute Gasteiger partial charge is 0.226 e. The van der Waals surface area contributed by atoms with E-state index in [4.69, 9.17) is 19.7 Å². The van der Waals surface area contributed by atoms with E-state index in [1.807, 2.05) is 30.6 Å². The number of hydrogen-bond donors (Lipinski definition) is 1. The minimum absolute atomic E-state index is 0.0941. The summed E-state index contributed by atoms with van der Waals surface area (Å²) in [6, 6.07) is 13.0.